The molecule has 0 aromatic rings. The minimum Gasteiger partial charge on any atom is -0.429 e. The normalized spacial score (nSPS) is 28.8. The molecule has 0 amide bonds. The molecule has 94 valence electrons. The van der Waals surface area contributed by atoms with E-state index in [0.717, 1.165) is 0 Å². The summed E-state index contributed by atoms with van der Waals surface area (Å²) < 4.78 is 36.7. The van der Waals surface area contributed by atoms with E-state index < -0.39 is 33.2 Å². The molecule has 0 spiro atoms. The van der Waals surface area contributed by atoms with Crippen molar-refractivity contribution in [2.75, 3.05) is 6.61 Å². The summed E-state index contributed by atoms with van der Waals surface area (Å²) in [4.78, 5) is 11.3. The second kappa shape index (κ2) is 4.21. The molecule has 0 aromatic carbocycles. The molecule has 0 aliphatic carbocycles. The smallest absolute Gasteiger partial charge is 0.429 e. The van der Waals surface area contributed by atoms with Crippen LogP contribution in [0.4, 0.5) is 4.79 Å². The molecule has 1 heterocycles. The fraction of sp³-hybridized carbons (Fsp3) is 0.889. The Morgan fingerprint density at radius 1 is 1.38 bits per heavy atom. The van der Waals surface area contributed by atoms with Crippen LogP contribution >= 0.6 is 0 Å². The minimum atomic E-state index is -3.60. The zero-order chi connectivity index (χ0) is 12.6. The summed E-state index contributed by atoms with van der Waals surface area (Å²) in [5, 5.41) is -0.861. The minimum absolute atomic E-state index is 0.150. The molecule has 0 radical (unpaired) electrons. The predicted molar refractivity (Wildman–Crippen MR) is 55.4 cm³/mol. The van der Waals surface area contributed by atoms with Gasteiger partial charge in [-0.2, -0.15) is 8.42 Å². The topological polar surface area (TPSA) is 78.9 Å². The largest absolute Gasteiger partial charge is 0.509 e. The van der Waals surface area contributed by atoms with Crippen LogP contribution in [-0.2, 0) is 23.8 Å². The van der Waals surface area contributed by atoms with E-state index >= 15 is 0 Å². The lowest BCUT2D eigenvalue weighted by Gasteiger charge is -2.21. The molecule has 1 aliphatic rings. The van der Waals surface area contributed by atoms with Gasteiger partial charge >= 0.3 is 6.16 Å². The zero-order valence-electron chi connectivity index (χ0n) is 9.72. The van der Waals surface area contributed by atoms with Crippen LogP contribution in [-0.4, -0.2) is 38.1 Å². The highest BCUT2D eigenvalue weighted by molar-refractivity contribution is 7.87. The van der Waals surface area contributed by atoms with E-state index in [4.69, 9.17) is 9.47 Å². The van der Waals surface area contributed by atoms with Gasteiger partial charge in [0.15, 0.2) is 0 Å². The average Bonchev–Trinajstić information content (AvgIpc) is 2.28. The Kier molecular flexibility index (Phi) is 3.49. The van der Waals surface area contributed by atoms with E-state index in [1.54, 1.807) is 20.8 Å². The van der Waals surface area contributed by atoms with Gasteiger partial charge in [-0.25, -0.2) is 4.79 Å². The zero-order valence-corrected chi connectivity index (χ0v) is 10.5. The fourth-order valence-electron chi connectivity index (χ4n) is 1.12. The molecule has 1 rings (SSSR count). The SMILES string of the molecule is CC1C(OC(=O)OC(C)(C)C)COS1(=O)=O. The van der Waals surface area contributed by atoms with Crippen LogP contribution in [0, 0.1) is 0 Å². The molecular formula is C9H16O6S. The Balaban J connectivity index is 2.54. The number of carbonyl (C=O) groups is 1. The quantitative estimate of drug-likeness (QED) is 0.513. The lowest BCUT2D eigenvalue weighted by atomic mass is 10.2. The van der Waals surface area contributed by atoms with E-state index in [1.807, 2.05) is 0 Å². The maximum Gasteiger partial charge on any atom is 0.509 e. The number of hydrogen-bond donors (Lipinski definition) is 0. The third-order valence-electron chi connectivity index (χ3n) is 2.01. The van der Waals surface area contributed by atoms with E-state index in [1.165, 1.54) is 6.92 Å². The Morgan fingerprint density at radius 3 is 2.31 bits per heavy atom. The molecule has 16 heavy (non-hydrogen) atoms. The highest BCUT2D eigenvalue weighted by Crippen LogP contribution is 2.21. The molecule has 1 saturated heterocycles. The van der Waals surface area contributed by atoms with Gasteiger partial charge in [0.05, 0.1) is 0 Å². The van der Waals surface area contributed by atoms with Crippen LogP contribution in [0.5, 0.6) is 0 Å². The summed E-state index contributed by atoms with van der Waals surface area (Å²) in [5.41, 5.74) is -0.668. The number of ether oxygens (including phenoxy) is 2. The maximum absolute atomic E-state index is 11.3. The van der Waals surface area contributed by atoms with Gasteiger partial charge in [-0.1, -0.05) is 0 Å². The Hall–Kier alpha value is -0.820. The van der Waals surface area contributed by atoms with Crippen LogP contribution in [0.2, 0.25) is 0 Å². The van der Waals surface area contributed by atoms with E-state index in [0.29, 0.717) is 0 Å². The summed E-state index contributed by atoms with van der Waals surface area (Å²) >= 11 is 0. The van der Waals surface area contributed by atoms with Gasteiger partial charge in [-0.3, -0.25) is 4.18 Å². The van der Waals surface area contributed by atoms with Crippen LogP contribution in [0.1, 0.15) is 27.7 Å². The van der Waals surface area contributed by atoms with Gasteiger partial charge < -0.3 is 9.47 Å². The molecule has 0 aromatic heterocycles. The van der Waals surface area contributed by atoms with Gasteiger partial charge in [0.1, 0.15) is 23.6 Å². The van der Waals surface area contributed by atoms with Gasteiger partial charge in [0.2, 0.25) is 0 Å². The molecule has 1 aliphatic heterocycles. The van der Waals surface area contributed by atoms with Crippen LogP contribution in [0.15, 0.2) is 0 Å². The Morgan fingerprint density at radius 2 is 1.94 bits per heavy atom. The molecule has 1 fully saturated rings. The first-order valence-electron chi connectivity index (χ1n) is 4.90. The van der Waals surface area contributed by atoms with Gasteiger partial charge in [-0.15, -0.1) is 0 Å². The molecular weight excluding hydrogens is 236 g/mol. The second-order valence-corrected chi connectivity index (χ2v) is 6.57. The van der Waals surface area contributed by atoms with Crippen molar-refractivity contribution in [3.63, 3.8) is 0 Å². The van der Waals surface area contributed by atoms with E-state index in [9.17, 15) is 13.2 Å². The van der Waals surface area contributed by atoms with Crippen LogP contribution < -0.4 is 0 Å². The van der Waals surface area contributed by atoms with Crippen LogP contribution in [0.3, 0.4) is 0 Å². The molecule has 6 nitrogen and oxygen atoms in total. The average molecular weight is 252 g/mol. The fourth-order valence-corrected chi connectivity index (χ4v) is 2.16. The molecule has 0 saturated carbocycles. The highest BCUT2D eigenvalue weighted by Gasteiger charge is 2.41. The van der Waals surface area contributed by atoms with Crippen molar-refractivity contribution in [2.24, 2.45) is 0 Å². The third kappa shape index (κ3) is 3.34. The van der Waals surface area contributed by atoms with Gasteiger partial charge in [-0.05, 0) is 27.7 Å². The van der Waals surface area contributed by atoms with Gasteiger partial charge in [0.25, 0.3) is 10.1 Å². The summed E-state index contributed by atoms with van der Waals surface area (Å²) in [7, 11) is -3.60. The van der Waals surface area contributed by atoms with Crippen molar-refractivity contribution in [3.05, 3.63) is 0 Å². The van der Waals surface area contributed by atoms with Crippen molar-refractivity contribution in [2.45, 2.75) is 44.6 Å². The van der Waals surface area contributed by atoms with Crippen molar-refractivity contribution in [1.29, 1.82) is 0 Å². The van der Waals surface area contributed by atoms with Crippen molar-refractivity contribution in [3.8, 4) is 0 Å². The standard InChI is InChI=1S/C9H16O6S/c1-6-7(5-13-16(6,11)12)14-8(10)15-9(2,3)4/h6-7H,5H2,1-4H3. The van der Waals surface area contributed by atoms with Crippen molar-refractivity contribution < 1.29 is 26.9 Å². The Labute approximate surface area is 95.0 Å². The van der Waals surface area contributed by atoms with E-state index in [-0.39, 0.29) is 6.61 Å². The number of carbonyl (C=O) groups excluding carboxylic acids is 1. The van der Waals surface area contributed by atoms with E-state index in [2.05, 4.69) is 4.18 Å². The monoisotopic (exact) mass is 252 g/mol. The molecule has 7 heteroatoms. The number of rotatable bonds is 1. The van der Waals surface area contributed by atoms with Crippen LogP contribution in [0.25, 0.3) is 0 Å². The summed E-state index contributed by atoms with van der Waals surface area (Å²) in [5.74, 6) is 0. The maximum atomic E-state index is 11.3. The number of hydrogen-bond acceptors (Lipinski definition) is 6. The third-order valence-corrected chi connectivity index (χ3v) is 3.69. The second-order valence-electron chi connectivity index (χ2n) is 4.60. The molecule has 2 unspecified atom stereocenters. The molecule has 2 atom stereocenters. The summed E-state index contributed by atoms with van der Waals surface area (Å²) in [6.45, 7) is 6.36. The first-order chi connectivity index (χ1) is 7.12. The Bertz CT molecular complexity index is 366. The molecule has 0 bridgehead atoms. The lowest BCUT2D eigenvalue weighted by molar-refractivity contribution is -0.0293. The predicted octanol–water partition coefficient (Wildman–Crippen LogP) is 1.06. The molecule has 0 N–H and O–H groups in total. The lowest BCUT2D eigenvalue weighted by Crippen LogP contribution is -2.32. The first kappa shape index (κ1) is 13.2. The highest BCUT2D eigenvalue weighted by atomic mass is 32.2. The van der Waals surface area contributed by atoms with Crippen molar-refractivity contribution >= 4 is 16.3 Å². The van der Waals surface area contributed by atoms with Gasteiger partial charge in [0, 0.05) is 0 Å². The summed E-state index contributed by atoms with van der Waals surface area (Å²) in [6.07, 6.45) is -1.69. The summed E-state index contributed by atoms with van der Waals surface area (Å²) in [6, 6.07) is 0. The first-order valence-corrected chi connectivity index (χ1v) is 6.37. The van der Waals surface area contributed by atoms with Crippen molar-refractivity contribution in [1.82, 2.24) is 0 Å².